The highest BCUT2D eigenvalue weighted by Gasteiger charge is 2.15. The molecule has 21 heavy (non-hydrogen) atoms. The van der Waals surface area contributed by atoms with Gasteiger partial charge in [-0.05, 0) is 30.3 Å². The molecule has 0 radical (unpaired) electrons. The molecule has 0 N–H and O–H groups in total. The number of benzene rings is 2. The van der Waals surface area contributed by atoms with E-state index in [4.69, 9.17) is 10.00 Å². The Bertz CT molecular complexity index is 743. The fourth-order valence-corrected chi connectivity index (χ4v) is 2.02. The lowest BCUT2D eigenvalue weighted by Crippen LogP contribution is -2.02. The predicted octanol–water partition coefficient (Wildman–Crippen LogP) is 3.95. The van der Waals surface area contributed by atoms with Gasteiger partial charge in [0.15, 0.2) is 11.6 Å². The summed E-state index contributed by atoms with van der Waals surface area (Å²) in [5.74, 6) is -0.750. The van der Waals surface area contributed by atoms with Crippen LogP contribution in [-0.2, 0) is 6.61 Å². The van der Waals surface area contributed by atoms with Crippen LogP contribution in [0.3, 0.4) is 0 Å². The highest BCUT2D eigenvalue weighted by Crippen LogP contribution is 2.26. The second kappa shape index (κ2) is 6.33. The van der Waals surface area contributed by atoms with Gasteiger partial charge in [-0.1, -0.05) is 15.9 Å². The van der Waals surface area contributed by atoms with E-state index in [9.17, 15) is 14.5 Å². The van der Waals surface area contributed by atoms with Gasteiger partial charge in [-0.3, -0.25) is 10.1 Å². The second-order valence-corrected chi connectivity index (χ2v) is 4.99. The van der Waals surface area contributed by atoms with Gasteiger partial charge in [0, 0.05) is 10.5 Å². The van der Waals surface area contributed by atoms with Crippen molar-refractivity contribution in [2.45, 2.75) is 6.61 Å². The molecule has 2 aromatic rings. The molecule has 7 heteroatoms. The largest absolute Gasteiger partial charge is 0.486 e. The number of hydrogen-bond donors (Lipinski definition) is 0. The summed E-state index contributed by atoms with van der Waals surface area (Å²) in [6, 6.07) is 10.1. The average Bonchev–Trinajstić information content (AvgIpc) is 2.46. The van der Waals surface area contributed by atoms with Gasteiger partial charge in [-0.2, -0.15) is 5.26 Å². The third-order valence-electron chi connectivity index (χ3n) is 2.69. The Balaban J connectivity index is 2.21. The van der Waals surface area contributed by atoms with E-state index in [0.29, 0.717) is 10.0 Å². The van der Waals surface area contributed by atoms with Crippen LogP contribution in [0.15, 0.2) is 40.9 Å². The first-order valence-corrected chi connectivity index (χ1v) is 6.56. The molecular formula is C14H8BrFN2O3. The number of nitro benzene ring substituents is 1. The highest BCUT2D eigenvalue weighted by molar-refractivity contribution is 9.10. The summed E-state index contributed by atoms with van der Waals surface area (Å²) in [6.07, 6.45) is 0. The van der Waals surface area contributed by atoms with Gasteiger partial charge in [0.1, 0.15) is 6.61 Å². The van der Waals surface area contributed by atoms with Crippen LogP contribution in [0.5, 0.6) is 5.75 Å². The van der Waals surface area contributed by atoms with Crippen LogP contribution >= 0.6 is 15.9 Å². The number of nitro groups is 1. The van der Waals surface area contributed by atoms with E-state index in [2.05, 4.69) is 15.9 Å². The van der Waals surface area contributed by atoms with Crippen LogP contribution in [0, 0.1) is 27.3 Å². The number of rotatable bonds is 4. The molecule has 0 aromatic heterocycles. The van der Waals surface area contributed by atoms with Crippen LogP contribution in [-0.4, -0.2) is 4.92 Å². The maximum atomic E-state index is 13.6. The van der Waals surface area contributed by atoms with Crippen molar-refractivity contribution in [2.24, 2.45) is 0 Å². The Kier molecular flexibility index (Phi) is 4.50. The van der Waals surface area contributed by atoms with E-state index in [1.165, 1.54) is 24.3 Å². The van der Waals surface area contributed by atoms with Gasteiger partial charge in [0.05, 0.1) is 22.1 Å². The zero-order valence-corrected chi connectivity index (χ0v) is 12.1. The molecule has 0 atom stereocenters. The van der Waals surface area contributed by atoms with Gasteiger partial charge >= 0.3 is 0 Å². The molecule has 5 nitrogen and oxygen atoms in total. The minimum absolute atomic E-state index is 0.0637. The fraction of sp³-hybridized carbons (Fsp3) is 0.0714. The maximum absolute atomic E-state index is 13.6. The van der Waals surface area contributed by atoms with E-state index < -0.39 is 10.7 Å². The highest BCUT2D eigenvalue weighted by atomic mass is 79.9. The summed E-state index contributed by atoms with van der Waals surface area (Å²) < 4.78 is 19.5. The molecule has 2 aromatic carbocycles. The standard InChI is InChI=1S/C14H8BrFN2O3/c15-11-3-2-10(13(6-11)18(19)20)8-21-14-4-1-9(7-17)5-12(14)16/h1-6H,8H2. The molecule has 0 bridgehead atoms. The van der Waals surface area contributed by atoms with Crippen molar-refractivity contribution >= 4 is 21.6 Å². The second-order valence-electron chi connectivity index (χ2n) is 4.08. The number of nitriles is 1. The minimum Gasteiger partial charge on any atom is -0.486 e. The van der Waals surface area contributed by atoms with Gasteiger partial charge in [0.2, 0.25) is 0 Å². The SMILES string of the molecule is N#Cc1ccc(OCc2ccc(Br)cc2[N+](=O)[O-])c(F)c1. The normalized spacial score (nSPS) is 9.95. The molecule has 0 spiro atoms. The summed E-state index contributed by atoms with van der Waals surface area (Å²) in [5, 5.41) is 19.6. The first-order valence-electron chi connectivity index (χ1n) is 5.76. The van der Waals surface area contributed by atoms with Crippen molar-refractivity contribution in [3.05, 3.63) is 67.9 Å². The van der Waals surface area contributed by atoms with Crippen LogP contribution < -0.4 is 4.74 Å². The Hall–Kier alpha value is -2.46. The quantitative estimate of drug-likeness (QED) is 0.617. The first-order chi connectivity index (χ1) is 10.0. The van der Waals surface area contributed by atoms with Gasteiger partial charge in [-0.15, -0.1) is 0 Å². The van der Waals surface area contributed by atoms with Gasteiger partial charge in [-0.25, -0.2) is 4.39 Å². The molecule has 0 amide bonds. The smallest absolute Gasteiger partial charge is 0.277 e. The number of ether oxygens (including phenoxy) is 1. The lowest BCUT2D eigenvalue weighted by Gasteiger charge is -2.08. The molecule has 0 unspecified atom stereocenters. The third-order valence-corrected chi connectivity index (χ3v) is 3.18. The number of nitrogens with zero attached hydrogens (tertiary/aromatic N) is 2. The monoisotopic (exact) mass is 350 g/mol. The Labute approximate surface area is 127 Å². The van der Waals surface area contributed by atoms with Crippen molar-refractivity contribution in [1.82, 2.24) is 0 Å². The number of hydrogen-bond acceptors (Lipinski definition) is 4. The molecule has 0 aliphatic rings. The lowest BCUT2D eigenvalue weighted by atomic mass is 10.2. The Morgan fingerprint density at radius 1 is 1.33 bits per heavy atom. The van der Waals surface area contributed by atoms with E-state index in [1.54, 1.807) is 6.07 Å². The summed E-state index contributed by atoms with van der Waals surface area (Å²) in [6.45, 7) is -0.146. The maximum Gasteiger partial charge on any atom is 0.277 e. The van der Waals surface area contributed by atoms with E-state index in [0.717, 1.165) is 6.07 Å². The van der Waals surface area contributed by atoms with E-state index in [-0.39, 0.29) is 23.6 Å². The summed E-state index contributed by atoms with van der Waals surface area (Å²) in [4.78, 5) is 10.4. The van der Waals surface area contributed by atoms with Crippen LogP contribution in [0.2, 0.25) is 0 Å². The molecule has 106 valence electrons. The summed E-state index contributed by atoms with van der Waals surface area (Å²) in [5.41, 5.74) is 0.389. The zero-order valence-electron chi connectivity index (χ0n) is 10.5. The van der Waals surface area contributed by atoms with Crippen molar-refractivity contribution in [3.63, 3.8) is 0 Å². The Morgan fingerprint density at radius 2 is 2.10 bits per heavy atom. The minimum atomic E-state index is -0.686. The van der Waals surface area contributed by atoms with Crippen molar-refractivity contribution in [1.29, 1.82) is 5.26 Å². The molecule has 0 heterocycles. The fourth-order valence-electron chi connectivity index (χ4n) is 1.67. The Morgan fingerprint density at radius 3 is 2.71 bits per heavy atom. The van der Waals surface area contributed by atoms with Crippen molar-refractivity contribution < 1.29 is 14.1 Å². The molecule has 0 fully saturated rings. The molecule has 0 saturated heterocycles. The molecule has 0 saturated carbocycles. The van der Waals surface area contributed by atoms with Crippen molar-refractivity contribution in [3.8, 4) is 11.8 Å². The van der Waals surface area contributed by atoms with Gasteiger partial charge < -0.3 is 4.74 Å². The molecule has 2 rings (SSSR count). The third kappa shape index (κ3) is 3.55. The molecule has 0 aliphatic heterocycles. The van der Waals surface area contributed by atoms with Crippen LogP contribution in [0.4, 0.5) is 10.1 Å². The average molecular weight is 351 g/mol. The van der Waals surface area contributed by atoms with Crippen LogP contribution in [0.25, 0.3) is 0 Å². The first kappa shape index (κ1) is 14.9. The van der Waals surface area contributed by atoms with E-state index in [1.807, 2.05) is 6.07 Å². The molecule has 0 aliphatic carbocycles. The van der Waals surface area contributed by atoms with E-state index >= 15 is 0 Å². The predicted molar refractivity (Wildman–Crippen MR) is 76.2 cm³/mol. The van der Waals surface area contributed by atoms with Crippen LogP contribution in [0.1, 0.15) is 11.1 Å². The summed E-state index contributed by atoms with van der Waals surface area (Å²) >= 11 is 3.15. The van der Waals surface area contributed by atoms with Crippen molar-refractivity contribution in [2.75, 3.05) is 0 Å². The zero-order chi connectivity index (χ0) is 15.4. The number of halogens is 2. The molecular weight excluding hydrogens is 343 g/mol. The van der Waals surface area contributed by atoms with Gasteiger partial charge in [0.25, 0.3) is 5.69 Å². The topological polar surface area (TPSA) is 76.2 Å². The summed E-state index contributed by atoms with van der Waals surface area (Å²) in [7, 11) is 0. The lowest BCUT2D eigenvalue weighted by molar-refractivity contribution is -0.385.